The maximum absolute atomic E-state index is 13.3. The van der Waals surface area contributed by atoms with Crippen LogP contribution < -0.4 is 0 Å². The number of halogens is 2. The topological polar surface area (TPSA) is 86.0 Å². The minimum absolute atomic E-state index is 0.188. The van der Waals surface area contributed by atoms with Gasteiger partial charge >= 0.3 is 0 Å². The number of aromatic nitrogens is 5. The molecule has 2 aromatic heterocycles. The van der Waals surface area contributed by atoms with Gasteiger partial charge in [0.25, 0.3) is 5.91 Å². The van der Waals surface area contributed by atoms with E-state index in [2.05, 4.69) is 20.2 Å². The second kappa shape index (κ2) is 6.80. The predicted molar refractivity (Wildman–Crippen MR) is 101 cm³/mol. The third kappa shape index (κ3) is 2.68. The molecule has 0 spiro atoms. The summed E-state index contributed by atoms with van der Waals surface area (Å²) in [5, 5.41) is 9.19. The molecular formula is C18H14Cl2N6O2. The summed E-state index contributed by atoms with van der Waals surface area (Å²) in [6.45, 7) is 1.22. The molecule has 0 radical (unpaired) electrons. The van der Waals surface area contributed by atoms with Crippen molar-refractivity contribution < 1.29 is 9.53 Å². The Hall–Kier alpha value is -2.55. The smallest absolute Gasteiger partial charge is 0.256 e. The predicted octanol–water partition coefficient (Wildman–Crippen LogP) is 2.64. The van der Waals surface area contributed by atoms with Crippen LogP contribution in [0.2, 0.25) is 10.0 Å². The van der Waals surface area contributed by atoms with Crippen molar-refractivity contribution in [3.8, 4) is 11.6 Å². The molecule has 8 nitrogen and oxygen atoms in total. The van der Waals surface area contributed by atoms with Crippen molar-refractivity contribution in [3.63, 3.8) is 0 Å². The number of morpholine rings is 1. The largest absolute Gasteiger partial charge is 0.377 e. The van der Waals surface area contributed by atoms with Crippen molar-refractivity contribution in [1.82, 2.24) is 29.6 Å². The molecule has 1 fully saturated rings. The van der Waals surface area contributed by atoms with Crippen molar-refractivity contribution in [1.29, 1.82) is 0 Å². The molecule has 5 rings (SSSR count). The highest BCUT2D eigenvalue weighted by molar-refractivity contribution is 6.43. The van der Waals surface area contributed by atoms with Gasteiger partial charge in [0.05, 0.1) is 34.9 Å². The summed E-state index contributed by atoms with van der Waals surface area (Å²) < 4.78 is 7.68. The highest BCUT2D eigenvalue weighted by Crippen LogP contribution is 2.37. The Labute approximate surface area is 170 Å². The van der Waals surface area contributed by atoms with Gasteiger partial charge in [-0.3, -0.25) is 4.79 Å². The number of carbonyl (C=O) groups excluding carboxylic acids is 1. The number of ether oxygens (including phenoxy) is 1. The molecule has 0 N–H and O–H groups in total. The van der Waals surface area contributed by atoms with E-state index in [4.69, 9.17) is 27.9 Å². The average molecular weight is 417 g/mol. The van der Waals surface area contributed by atoms with Crippen LogP contribution in [-0.2, 0) is 11.3 Å². The Morgan fingerprint density at radius 1 is 1.11 bits per heavy atom. The van der Waals surface area contributed by atoms with Gasteiger partial charge in [0.15, 0.2) is 11.6 Å². The van der Waals surface area contributed by atoms with Crippen LogP contribution in [0.15, 0.2) is 36.7 Å². The van der Waals surface area contributed by atoms with Gasteiger partial charge in [-0.2, -0.15) is 0 Å². The number of benzene rings is 1. The molecule has 1 amide bonds. The Kier molecular flexibility index (Phi) is 4.26. The lowest BCUT2D eigenvalue weighted by Crippen LogP contribution is -2.56. The number of fused-ring (bicyclic) bond motifs is 4. The summed E-state index contributed by atoms with van der Waals surface area (Å²) in [6, 6.07) is 6.23. The standard InChI is InChI=1S/C18H14Cl2N6O2/c19-12-4-1-3-11(14(12)20)18(27)26-10-7-25-16(13(26)9-28-8-10)23-24-17(25)15-21-5-2-6-22-15/h1-6,10,13H,7-9H2. The minimum atomic E-state index is -0.375. The van der Waals surface area contributed by atoms with Gasteiger partial charge in [-0.15, -0.1) is 10.2 Å². The fourth-order valence-electron chi connectivity index (χ4n) is 3.72. The van der Waals surface area contributed by atoms with E-state index >= 15 is 0 Å². The highest BCUT2D eigenvalue weighted by atomic mass is 35.5. The van der Waals surface area contributed by atoms with Crippen LogP contribution in [0.4, 0.5) is 0 Å². The molecule has 2 atom stereocenters. The lowest BCUT2D eigenvalue weighted by molar-refractivity contribution is -0.0569. The van der Waals surface area contributed by atoms with Crippen LogP contribution in [-0.4, -0.2) is 54.8 Å². The summed E-state index contributed by atoms with van der Waals surface area (Å²) in [6.07, 6.45) is 3.32. The van der Waals surface area contributed by atoms with Crippen LogP contribution in [0.3, 0.4) is 0 Å². The second-order valence-corrected chi connectivity index (χ2v) is 7.37. The number of carbonyl (C=O) groups is 1. The minimum Gasteiger partial charge on any atom is -0.377 e. The molecule has 4 heterocycles. The number of amides is 1. The molecular weight excluding hydrogens is 403 g/mol. The van der Waals surface area contributed by atoms with Gasteiger partial charge in [0.2, 0.25) is 5.82 Å². The number of rotatable bonds is 2. The van der Waals surface area contributed by atoms with Gasteiger partial charge in [0, 0.05) is 18.9 Å². The Balaban J connectivity index is 1.56. The Bertz CT molecular complexity index is 1060. The Morgan fingerprint density at radius 2 is 1.93 bits per heavy atom. The van der Waals surface area contributed by atoms with Crippen molar-refractivity contribution >= 4 is 29.1 Å². The van der Waals surface area contributed by atoms with Crippen LogP contribution >= 0.6 is 23.2 Å². The van der Waals surface area contributed by atoms with Crippen LogP contribution in [0.1, 0.15) is 22.2 Å². The maximum atomic E-state index is 13.3. The van der Waals surface area contributed by atoms with Gasteiger partial charge < -0.3 is 14.2 Å². The number of nitrogens with zero attached hydrogens (tertiary/aromatic N) is 6. The van der Waals surface area contributed by atoms with Gasteiger partial charge in [0.1, 0.15) is 6.04 Å². The van der Waals surface area contributed by atoms with Crippen LogP contribution in [0, 0.1) is 0 Å². The van der Waals surface area contributed by atoms with Gasteiger partial charge in [-0.1, -0.05) is 29.3 Å². The molecule has 142 valence electrons. The van der Waals surface area contributed by atoms with E-state index in [-0.39, 0.29) is 23.0 Å². The van der Waals surface area contributed by atoms with Crippen molar-refractivity contribution in [2.24, 2.45) is 0 Å². The second-order valence-electron chi connectivity index (χ2n) is 6.59. The molecule has 2 aliphatic heterocycles. The van der Waals surface area contributed by atoms with E-state index in [0.29, 0.717) is 47.8 Å². The summed E-state index contributed by atoms with van der Waals surface area (Å²) in [5.41, 5.74) is 0.366. The molecule has 2 aliphatic rings. The molecule has 28 heavy (non-hydrogen) atoms. The molecule has 10 heteroatoms. The zero-order valence-corrected chi connectivity index (χ0v) is 16.0. The SMILES string of the molecule is O=C(c1cccc(Cl)c1Cl)N1C2COCC1c1nnc(-c3ncccn3)n1C2. The number of hydrogen-bond donors (Lipinski definition) is 0. The van der Waals surface area contributed by atoms with Gasteiger partial charge in [-0.05, 0) is 18.2 Å². The van der Waals surface area contributed by atoms with E-state index < -0.39 is 0 Å². The third-order valence-electron chi connectivity index (χ3n) is 4.97. The van der Waals surface area contributed by atoms with E-state index in [1.165, 1.54) is 0 Å². The maximum Gasteiger partial charge on any atom is 0.256 e. The molecule has 0 saturated carbocycles. The van der Waals surface area contributed by atoms with Crippen molar-refractivity contribution in [2.75, 3.05) is 13.2 Å². The lowest BCUT2D eigenvalue weighted by atomic mass is 10.0. The Morgan fingerprint density at radius 3 is 2.75 bits per heavy atom. The average Bonchev–Trinajstić information content (AvgIpc) is 3.13. The van der Waals surface area contributed by atoms with Crippen LogP contribution in [0.5, 0.6) is 0 Å². The fourth-order valence-corrected chi connectivity index (χ4v) is 4.10. The monoisotopic (exact) mass is 416 g/mol. The highest BCUT2D eigenvalue weighted by Gasteiger charge is 2.44. The van der Waals surface area contributed by atoms with E-state index in [0.717, 1.165) is 0 Å². The first kappa shape index (κ1) is 17.5. The first-order valence-corrected chi connectivity index (χ1v) is 9.45. The quantitative estimate of drug-likeness (QED) is 0.637. The first-order valence-electron chi connectivity index (χ1n) is 8.70. The fraction of sp³-hybridized carbons (Fsp3) is 0.278. The van der Waals surface area contributed by atoms with E-state index in [1.54, 1.807) is 41.6 Å². The zero-order chi connectivity index (χ0) is 19.3. The molecule has 2 bridgehead atoms. The van der Waals surface area contributed by atoms with Crippen LogP contribution in [0.25, 0.3) is 11.6 Å². The van der Waals surface area contributed by atoms with Crippen molar-refractivity contribution in [3.05, 3.63) is 58.1 Å². The summed E-state index contributed by atoms with van der Waals surface area (Å²) in [4.78, 5) is 23.6. The normalized spacial score (nSPS) is 20.7. The third-order valence-corrected chi connectivity index (χ3v) is 5.79. The molecule has 1 saturated heterocycles. The van der Waals surface area contributed by atoms with Crippen molar-refractivity contribution in [2.45, 2.75) is 18.6 Å². The number of hydrogen-bond acceptors (Lipinski definition) is 6. The lowest BCUT2D eigenvalue weighted by Gasteiger charge is -2.45. The first-order chi connectivity index (χ1) is 13.6. The summed E-state index contributed by atoms with van der Waals surface area (Å²) >= 11 is 12.4. The van der Waals surface area contributed by atoms with E-state index in [9.17, 15) is 4.79 Å². The van der Waals surface area contributed by atoms with E-state index in [1.807, 2.05) is 4.57 Å². The molecule has 0 aliphatic carbocycles. The molecule has 1 aromatic carbocycles. The summed E-state index contributed by atoms with van der Waals surface area (Å²) in [7, 11) is 0. The zero-order valence-electron chi connectivity index (χ0n) is 14.5. The molecule has 3 aromatic rings. The molecule has 2 unspecified atom stereocenters. The van der Waals surface area contributed by atoms with Gasteiger partial charge in [-0.25, -0.2) is 9.97 Å². The summed E-state index contributed by atoms with van der Waals surface area (Å²) in [5.74, 6) is 1.53.